The van der Waals surface area contributed by atoms with Crippen molar-refractivity contribution in [1.82, 2.24) is 0 Å². The molecule has 1 N–H and O–H groups in total. The summed E-state index contributed by atoms with van der Waals surface area (Å²) in [6.07, 6.45) is 0. The monoisotopic (exact) mass is 232 g/mol. The molecule has 0 fully saturated rings. The number of rotatable bonds is 2. The molecule has 0 rings (SSSR count). The lowest BCUT2D eigenvalue weighted by molar-refractivity contribution is 0.169. The first-order valence-electron chi connectivity index (χ1n) is 2.42. The molecule has 0 radical (unpaired) electrons. The summed E-state index contributed by atoms with van der Waals surface area (Å²) < 4.78 is 12.3. The predicted octanol–water partition coefficient (Wildman–Crippen LogP) is 1.53. The Morgan fingerprint density at radius 1 is 1.75 bits per heavy atom. The molecule has 0 saturated carbocycles. The second kappa shape index (κ2) is 2.96. The number of alkyl halides is 2. The van der Waals surface area contributed by atoms with E-state index >= 15 is 0 Å². The van der Waals surface area contributed by atoms with E-state index in [2.05, 4.69) is 0 Å². The van der Waals surface area contributed by atoms with Crippen LogP contribution in [-0.4, -0.2) is 21.3 Å². The maximum Gasteiger partial charge on any atom is 0.119 e. The summed E-state index contributed by atoms with van der Waals surface area (Å²) in [6.45, 7) is 2.82. The molecule has 0 bridgehead atoms. The van der Waals surface area contributed by atoms with Gasteiger partial charge in [0.1, 0.15) is 5.67 Å². The third-order valence-electron chi connectivity index (χ3n) is 0.905. The summed E-state index contributed by atoms with van der Waals surface area (Å²) in [7, 11) is 0. The van der Waals surface area contributed by atoms with Crippen LogP contribution in [-0.2, 0) is 0 Å². The highest BCUT2D eigenvalue weighted by molar-refractivity contribution is 14.1. The summed E-state index contributed by atoms with van der Waals surface area (Å²) in [4.78, 5) is 0. The van der Waals surface area contributed by atoms with Gasteiger partial charge in [0, 0.05) is 0 Å². The van der Waals surface area contributed by atoms with Crippen molar-refractivity contribution in [3.8, 4) is 0 Å². The van der Waals surface area contributed by atoms with Gasteiger partial charge in [0.05, 0.1) is 10.5 Å². The zero-order valence-electron chi connectivity index (χ0n) is 4.99. The zero-order valence-corrected chi connectivity index (χ0v) is 7.15. The van der Waals surface area contributed by atoms with Gasteiger partial charge in [-0.15, -0.1) is 0 Å². The molecular formula is C5H10FIO. The van der Waals surface area contributed by atoms with Crippen molar-refractivity contribution in [1.29, 1.82) is 0 Å². The fraction of sp³-hybridized carbons (Fsp3) is 1.00. The summed E-state index contributed by atoms with van der Waals surface area (Å²) in [6, 6.07) is 0. The van der Waals surface area contributed by atoms with Crippen LogP contribution in [0.1, 0.15) is 13.8 Å². The van der Waals surface area contributed by atoms with Crippen molar-refractivity contribution in [3.05, 3.63) is 0 Å². The van der Waals surface area contributed by atoms with Gasteiger partial charge in [0.2, 0.25) is 0 Å². The predicted molar refractivity (Wildman–Crippen MR) is 40.1 cm³/mol. The first kappa shape index (κ1) is 8.62. The van der Waals surface area contributed by atoms with E-state index in [1.807, 2.05) is 22.6 Å². The lowest BCUT2D eigenvalue weighted by Gasteiger charge is -2.18. The average Bonchev–Trinajstić information content (AvgIpc) is 1.62. The van der Waals surface area contributed by atoms with E-state index in [9.17, 15) is 4.39 Å². The largest absolute Gasteiger partial charge is 0.395 e. The van der Waals surface area contributed by atoms with E-state index in [1.165, 1.54) is 13.8 Å². The van der Waals surface area contributed by atoms with Gasteiger partial charge in [-0.3, -0.25) is 0 Å². The number of aliphatic hydroxyl groups excluding tert-OH is 1. The van der Waals surface area contributed by atoms with Crippen LogP contribution in [0.25, 0.3) is 0 Å². The van der Waals surface area contributed by atoms with Gasteiger partial charge in [-0.05, 0) is 13.8 Å². The van der Waals surface area contributed by atoms with Gasteiger partial charge in [0.25, 0.3) is 0 Å². The Bertz CT molecular complexity index is 69.3. The molecule has 0 spiro atoms. The minimum absolute atomic E-state index is 0.0932. The first-order chi connectivity index (χ1) is 3.48. The molecule has 1 atom stereocenters. The molecular weight excluding hydrogens is 222 g/mol. The van der Waals surface area contributed by atoms with Crippen LogP contribution in [0.5, 0.6) is 0 Å². The maximum atomic E-state index is 12.6. The van der Waals surface area contributed by atoms with Gasteiger partial charge in [0.15, 0.2) is 0 Å². The second-order valence-electron chi connectivity index (χ2n) is 2.21. The SMILES string of the molecule is CC(C)(F)C(I)CO. The highest BCUT2D eigenvalue weighted by Crippen LogP contribution is 2.20. The standard InChI is InChI=1S/C5H10FIO/c1-5(2,6)4(7)3-8/h4,8H,3H2,1-2H3. The van der Waals surface area contributed by atoms with E-state index in [4.69, 9.17) is 5.11 Å². The summed E-state index contributed by atoms with van der Waals surface area (Å²) in [5, 5.41) is 8.42. The number of hydrogen-bond donors (Lipinski definition) is 1. The minimum Gasteiger partial charge on any atom is -0.395 e. The van der Waals surface area contributed by atoms with Crippen LogP contribution >= 0.6 is 22.6 Å². The highest BCUT2D eigenvalue weighted by Gasteiger charge is 2.25. The van der Waals surface area contributed by atoms with Crippen LogP contribution in [0, 0.1) is 0 Å². The van der Waals surface area contributed by atoms with Gasteiger partial charge in [-0.1, -0.05) is 22.6 Å². The van der Waals surface area contributed by atoms with Crippen LogP contribution < -0.4 is 0 Å². The van der Waals surface area contributed by atoms with Crippen molar-refractivity contribution >= 4 is 22.6 Å². The van der Waals surface area contributed by atoms with Crippen molar-refractivity contribution in [2.45, 2.75) is 23.4 Å². The lowest BCUT2D eigenvalue weighted by atomic mass is 10.1. The van der Waals surface area contributed by atoms with Crippen molar-refractivity contribution in [2.24, 2.45) is 0 Å². The normalized spacial score (nSPS) is 16.1. The molecule has 0 aromatic heterocycles. The Labute approximate surface area is 62.4 Å². The molecule has 0 aromatic rings. The Morgan fingerprint density at radius 2 is 2.12 bits per heavy atom. The second-order valence-corrected chi connectivity index (χ2v) is 3.72. The third kappa shape index (κ3) is 2.81. The van der Waals surface area contributed by atoms with Crippen LogP contribution in [0.4, 0.5) is 4.39 Å². The molecule has 0 aliphatic carbocycles. The third-order valence-corrected chi connectivity index (χ3v) is 2.78. The Kier molecular flexibility index (Phi) is 3.19. The van der Waals surface area contributed by atoms with Gasteiger partial charge < -0.3 is 5.11 Å². The molecule has 0 aromatic carbocycles. The van der Waals surface area contributed by atoms with Crippen molar-refractivity contribution in [3.63, 3.8) is 0 Å². The molecule has 1 nitrogen and oxygen atoms in total. The Balaban J connectivity index is 3.62. The Morgan fingerprint density at radius 3 is 2.12 bits per heavy atom. The molecule has 0 aliphatic heterocycles. The number of aliphatic hydroxyl groups is 1. The number of hydrogen-bond acceptors (Lipinski definition) is 1. The van der Waals surface area contributed by atoms with Crippen molar-refractivity contribution in [2.75, 3.05) is 6.61 Å². The van der Waals surface area contributed by atoms with E-state index in [0.29, 0.717) is 0 Å². The van der Waals surface area contributed by atoms with Crippen molar-refractivity contribution < 1.29 is 9.50 Å². The lowest BCUT2D eigenvalue weighted by Crippen LogP contribution is -2.28. The molecule has 0 saturated heterocycles. The van der Waals surface area contributed by atoms with Gasteiger partial charge in [-0.25, -0.2) is 4.39 Å². The number of halogens is 2. The molecule has 50 valence electrons. The van der Waals surface area contributed by atoms with E-state index in [0.717, 1.165) is 0 Å². The molecule has 0 amide bonds. The summed E-state index contributed by atoms with van der Waals surface area (Å²) in [5.41, 5.74) is -1.25. The highest BCUT2D eigenvalue weighted by atomic mass is 127. The minimum atomic E-state index is -1.25. The molecule has 8 heavy (non-hydrogen) atoms. The average molecular weight is 232 g/mol. The first-order valence-corrected chi connectivity index (χ1v) is 3.67. The molecule has 1 unspecified atom stereocenters. The smallest absolute Gasteiger partial charge is 0.119 e. The summed E-state index contributed by atoms with van der Waals surface area (Å²) >= 11 is 1.89. The molecule has 3 heteroatoms. The topological polar surface area (TPSA) is 20.2 Å². The van der Waals surface area contributed by atoms with Gasteiger partial charge >= 0.3 is 0 Å². The quantitative estimate of drug-likeness (QED) is 0.565. The van der Waals surface area contributed by atoms with Crippen LogP contribution in [0.2, 0.25) is 0 Å². The van der Waals surface area contributed by atoms with Crippen LogP contribution in [0.3, 0.4) is 0 Å². The van der Waals surface area contributed by atoms with Crippen LogP contribution in [0.15, 0.2) is 0 Å². The van der Waals surface area contributed by atoms with E-state index in [1.54, 1.807) is 0 Å². The molecule has 0 heterocycles. The van der Waals surface area contributed by atoms with E-state index < -0.39 is 5.67 Å². The molecule has 0 aliphatic rings. The Hall–Kier alpha value is 0.620. The fourth-order valence-corrected chi connectivity index (χ4v) is 0.217. The van der Waals surface area contributed by atoms with E-state index in [-0.39, 0.29) is 10.5 Å². The van der Waals surface area contributed by atoms with Gasteiger partial charge in [-0.2, -0.15) is 0 Å². The zero-order chi connectivity index (χ0) is 6.78. The fourth-order valence-electron chi connectivity index (χ4n) is 0.217. The summed E-state index contributed by atoms with van der Waals surface area (Å²) in [5.74, 6) is 0. The maximum absolute atomic E-state index is 12.6.